The fraction of sp³-hybridized carbons (Fsp3) is 0.425. The van der Waals surface area contributed by atoms with Crippen molar-refractivity contribution in [1.82, 2.24) is 15.0 Å². The Bertz CT molecular complexity index is 2190. The van der Waals surface area contributed by atoms with E-state index in [0.29, 0.717) is 33.8 Å². The van der Waals surface area contributed by atoms with E-state index in [9.17, 15) is 14.4 Å². The minimum Gasteiger partial charge on any atom is -0.681 e. The zero-order valence-electron chi connectivity index (χ0n) is 30.6. The molecule has 3 aromatic rings. The molecule has 0 aromatic carbocycles. The number of carbonyl (C=O) groups excluding carboxylic acids is 3. The third-order valence-electron chi connectivity index (χ3n) is 10.5. The minimum atomic E-state index is -1.17. The van der Waals surface area contributed by atoms with Gasteiger partial charge < -0.3 is 29.7 Å². The van der Waals surface area contributed by atoms with E-state index in [4.69, 9.17) is 29.7 Å². The van der Waals surface area contributed by atoms with Gasteiger partial charge in [-0.15, -0.1) is 33.1 Å². The van der Waals surface area contributed by atoms with Gasteiger partial charge in [-0.3, -0.25) is 14.4 Å². The first-order valence-corrected chi connectivity index (χ1v) is 17.1. The summed E-state index contributed by atoms with van der Waals surface area (Å²) in [5, 5.41) is 8.24. The van der Waals surface area contributed by atoms with Gasteiger partial charge in [0.25, 0.3) is 0 Å². The Morgan fingerprint density at radius 1 is 0.940 bits per heavy atom. The predicted molar refractivity (Wildman–Crippen MR) is 195 cm³/mol. The van der Waals surface area contributed by atoms with Crippen molar-refractivity contribution < 1.29 is 23.9 Å². The topological polar surface area (TPSA) is 126 Å². The molecule has 8 bridgehead atoms. The molecule has 1 unspecified atom stereocenters. The van der Waals surface area contributed by atoms with E-state index < -0.39 is 17.9 Å². The van der Waals surface area contributed by atoms with E-state index in [2.05, 4.69) is 33.8 Å². The van der Waals surface area contributed by atoms with E-state index in [0.717, 1.165) is 62.0 Å². The van der Waals surface area contributed by atoms with Crippen LogP contribution in [0.5, 0.6) is 0 Å². The second kappa shape index (κ2) is 14.7. The Hall–Kier alpha value is -4.02. The number of hydrogen-bond donors (Lipinski definition) is 0. The molecular weight excluding hydrogens is 641 g/mol. The summed E-state index contributed by atoms with van der Waals surface area (Å²) in [7, 11) is 1.29. The SMILES string of the molecule is C/C=c1\c(C)c2[n-]\c1=C/c1[n-]c(c(CC)c1C)/C=c1\[n-]c3c(c1C)C(=O)[C@H](C(=O)OC)C=3C1[N-]/C(=C\2)[C@@H](C)[C@@H]1CCC(=O)OCC=C(C)C.[Mg+2]. The Morgan fingerprint density at radius 2 is 1.64 bits per heavy atom. The predicted octanol–water partition coefficient (Wildman–Crippen LogP) is 2.91. The quantitative estimate of drug-likeness (QED) is 0.161. The van der Waals surface area contributed by atoms with Crippen LogP contribution in [0, 0.1) is 38.5 Å². The number of ketones is 1. The number of ether oxygens (including phenoxy) is 2. The molecule has 50 heavy (non-hydrogen) atoms. The second-order valence-corrected chi connectivity index (χ2v) is 13.6. The second-order valence-electron chi connectivity index (χ2n) is 13.6. The molecule has 1 aliphatic carbocycles. The summed E-state index contributed by atoms with van der Waals surface area (Å²) >= 11 is 0. The Balaban J connectivity index is 0.00000486. The molecule has 3 aromatic heterocycles. The molecule has 258 valence electrons. The van der Waals surface area contributed by atoms with Crippen LogP contribution in [0.4, 0.5) is 0 Å². The van der Waals surface area contributed by atoms with Gasteiger partial charge in [0.2, 0.25) is 0 Å². The first kappa shape index (κ1) is 37.2. The third kappa shape index (κ3) is 6.36. The summed E-state index contributed by atoms with van der Waals surface area (Å²) in [4.78, 5) is 55.6. The number of Topliss-reactive ketones (excluding diaryl/α,β-unsaturated/α-hetero) is 1. The molecule has 4 atom stereocenters. The van der Waals surface area contributed by atoms with Gasteiger partial charge in [-0.2, -0.15) is 5.70 Å². The molecule has 0 saturated carbocycles. The molecule has 5 heterocycles. The molecule has 0 radical (unpaired) electrons. The minimum absolute atomic E-state index is 0. The number of rotatable bonds is 7. The number of carbonyl (C=O) groups is 3. The van der Waals surface area contributed by atoms with Crippen LogP contribution in [0.3, 0.4) is 0 Å². The summed E-state index contributed by atoms with van der Waals surface area (Å²) in [6.07, 6.45) is 11.3. The zero-order chi connectivity index (χ0) is 35.3. The van der Waals surface area contributed by atoms with E-state index >= 15 is 0 Å². The number of hydrogen-bond acceptors (Lipinski definition) is 5. The van der Waals surface area contributed by atoms with Crippen molar-refractivity contribution >= 4 is 70.7 Å². The number of aromatic nitrogens is 3. The van der Waals surface area contributed by atoms with Crippen LogP contribution in [-0.4, -0.2) is 60.5 Å². The zero-order valence-corrected chi connectivity index (χ0v) is 32.0. The fourth-order valence-corrected chi connectivity index (χ4v) is 7.66. The molecule has 6 rings (SSSR count). The molecule has 0 N–H and O–H groups in total. The van der Waals surface area contributed by atoms with E-state index in [1.54, 1.807) is 0 Å². The summed E-state index contributed by atoms with van der Waals surface area (Å²) in [5.41, 5.74) is 9.17. The Kier molecular flexibility index (Phi) is 10.9. The summed E-state index contributed by atoms with van der Waals surface area (Å²) < 4.78 is 10.7. The smallest absolute Gasteiger partial charge is 0.681 e. The molecule has 2 aliphatic heterocycles. The van der Waals surface area contributed by atoms with Crippen molar-refractivity contribution in [2.45, 2.75) is 80.7 Å². The van der Waals surface area contributed by atoms with E-state index in [-0.39, 0.29) is 59.7 Å². The van der Waals surface area contributed by atoms with Gasteiger partial charge in [-0.1, -0.05) is 77.6 Å². The number of esters is 2. The van der Waals surface area contributed by atoms with Crippen LogP contribution < -0.4 is 36.2 Å². The summed E-state index contributed by atoms with van der Waals surface area (Å²) in [6, 6.07) is -0.591. The van der Waals surface area contributed by atoms with Gasteiger partial charge in [0.1, 0.15) is 12.5 Å². The molecule has 1 fully saturated rings. The molecule has 0 amide bonds. The van der Waals surface area contributed by atoms with Crippen LogP contribution in [0.25, 0.3) is 35.2 Å². The summed E-state index contributed by atoms with van der Waals surface area (Å²) in [5.74, 6) is -2.78. The normalized spacial score (nSPS) is 23.1. The average Bonchev–Trinajstić information content (AvgIpc) is 3.80. The largest absolute Gasteiger partial charge is 2.00 e. The van der Waals surface area contributed by atoms with Crippen LogP contribution in [0.2, 0.25) is 0 Å². The van der Waals surface area contributed by atoms with Crippen molar-refractivity contribution in [1.29, 1.82) is 0 Å². The molecule has 3 aliphatic rings. The van der Waals surface area contributed by atoms with Crippen LogP contribution in [-0.2, 0) is 25.5 Å². The van der Waals surface area contributed by atoms with Crippen molar-refractivity contribution in [3.8, 4) is 0 Å². The monoisotopic (exact) mass is 684 g/mol. The first-order valence-electron chi connectivity index (χ1n) is 17.1. The summed E-state index contributed by atoms with van der Waals surface area (Å²) in [6.45, 7) is 16.3. The van der Waals surface area contributed by atoms with Crippen molar-refractivity contribution in [3.05, 3.63) is 88.8 Å². The average molecular weight is 685 g/mol. The maximum absolute atomic E-state index is 14.2. The van der Waals surface area contributed by atoms with Crippen LogP contribution >= 0.6 is 0 Å². The molecule has 9 nitrogen and oxygen atoms in total. The molecule has 0 spiro atoms. The number of allylic oxidation sites excluding steroid dienone is 2. The third-order valence-corrected chi connectivity index (χ3v) is 10.5. The molecular formula is C40H44MgN4O5-2. The number of methoxy groups -OCH3 is 1. The number of nitrogens with zero attached hydrogens (tertiary/aromatic N) is 4. The number of fused-ring (bicyclic) bond motifs is 8. The van der Waals surface area contributed by atoms with Gasteiger partial charge in [0.05, 0.1) is 7.11 Å². The maximum Gasteiger partial charge on any atom is 2.00 e. The Labute approximate surface area is 309 Å². The van der Waals surface area contributed by atoms with Crippen molar-refractivity contribution in [2.75, 3.05) is 13.7 Å². The van der Waals surface area contributed by atoms with Crippen LogP contribution in [0.15, 0.2) is 17.3 Å². The van der Waals surface area contributed by atoms with Gasteiger partial charge in [0, 0.05) is 12.0 Å². The van der Waals surface area contributed by atoms with Crippen molar-refractivity contribution in [3.63, 3.8) is 0 Å². The van der Waals surface area contributed by atoms with Gasteiger partial charge in [-0.05, 0) is 77.5 Å². The molecule has 10 heteroatoms. The van der Waals surface area contributed by atoms with Gasteiger partial charge >= 0.3 is 35.0 Å². The maximum atomic E-state index is 14.2. The standard InChI is InChI=1S/C40H45N4O5.Mg/c1-10-24-20(5)27-16-29-22(7)26(12-13-33(45)49-15-14-19(3)4)37(43-29)35-36(40(47)48-9)39(46)34-23(8)30(44-38(34)35)18-32-25(11-2)21(6)28(42-32)17-31(24)41-27;/h10,14,16-18,22,26,36-37H,11-13,15H2,1-9H3,(H-,41,42,46);/q-3;+2/p-1/b24-10+,29-16-;/t22-,26-,36+,37?;/m0./s1. The van der Waals surface area contributed by atoms with Gasteiger partial charge in [-0.25, -0.2) is 0 Å². The van der Waals surface area contributed by atoms with Crippen molar-refractivity contribution in [2.24, 2.45) is 17.8 Å². The van der Waals surface area contributed by atoms with Crippen LogP contribution in [0.1, 0.15) is 97.2 Å². The van der Waals surface area contributed by atoms with Gasteiger partial charge in [0.15, 0.2) is 5.78 Å². The first-order chi connectivity index (χ1) is 23.4. The van der Waals surface area contributed by atoms with E-state index in [1.165, 1.54) is 7.11 Å². The fourth-order valence-electron chi connectivity index (χ4n) is 7.66. The van der Waals surface area contributed by atoms with E-state index in [1.807, 2.05) is 52.0 Å². The Morgan fingerprint density at radius 3 is 2.30 bits per heavy atom. The molecule has 1 saturated heterocycles.